The van der Waals surface area contributed by atoms with E-state index in [0.717, 1.165) is 5.56 Å². The lowest BCUT2D eigenvalue weighted by atomic mass is 9.93. The maximum absolute atomic E-state index is 12.6. The SMILES string of the molecule is CN1C(=O)C[C@H](C(=O)Nc2ccccc2O)[C@H]1c1ccccc1. The number of anilines is 1. The number of carbonyl (C=O) groups excluding carboxylic acids is 2. The highest BCUT2D eigenvalue weighted by Crippen LogP contribution is 2.38. The van der Waals surface area contributed by atoms with E-state index in [-0.39, 0.29) is 30.0 Å². The van der Waals surface area contributed by atoms with E-state index in [1.807, 2.05) is 30.3 Å². The van der Waals surface area contributed by atoms with Crippen LogP contribution in [0.3, 0.4) is 0 Å². The van der Waals surface area contributed by atoms with Gasteiger partial charge in [0.05, 0.1) is 17.6 Å². The van der Waals surface area contributed by atoms with Crippen molar-refractivity contribution in [3.8, 4) is 5.75 Å². The molecule has 118 valence electrons. The Morgan fingerprint density at radius 2 is 1.78 bits per heavy atom. The van der Waals surface area contributed by atoms with Crippen molar-refractivity contribution in [1.29, 1.82) is 0 Å². The molecular weight excluding hydrogens is 292 g/mol. The molecule has 0 saturated carbocycles. The predicted molar refractivity (Wildman–Crippen MR) is 86.8 cm³/mol. The number of nitrogens with one attached hydrogen (secondary N) is 1. The number of phenols is 1. The Balaban J connectivity index is 1.86. The van der Waals surface area contributed by atoms with Crippen molar-refractivity contribution in [1.82, 2.24) is 4.90 Å². The van der Waals surface area contributed by atoms with Crippen LogP contribution in [0.25, 0.3) is 0 Å². The number of nitrogens with zero attached hydrogens (tertiary/aromatic N) is 1. The molecule has 2 amide bonds. The van der Waals surface area contributed by atoms with Gasteiger partial charge in [-0.3, -0.25) is 9.59 Å². The molecule has 0 unspecified atom stereocenters. The molecular formula is C18H18N2O3. The van der Waals surface area contributed by atoms with Crippen LogP contribution in [0, 0.1) is 5.92 Å². The van der Waals surface area contributed by atoms with Gasteiger partial charge >= 0.3 is 0 Å². The molecule has 23 heavy (non-hydrogen) atoms. The normalized spacial score (nSPS) is 20.6. The van der Waals surface area contributed by atoms with E-state index >= 15 is 0 Å². The zero-order valence-corrected chi connectivity index (χ0v) is 12.8. The number of phenolic OH excluding ortho intramolecular Hbond substituents is 1. The Labute approximate surface area is 134 Å². The van der Waals surface area contributed by atoms with Gasteiger partial charge in [0.25, 0.3) is 0 Å². The van der Waals surface area contributed by atoms with E-state index in [1.54, 1.807) is 30.1 Å². The highest BCUT2D eigenvalue weighted by Gasteiger charge is 2.42. The fourth-order valence-corrected chi connectivity index (χ4v) is 3.02. The van der Waals surface area contributed by atoms with Crippen LogP contribution in [0.15, 0.2) is 54.6 Å². The first-order chi connectivity index (χ1) is 11.1. The zero-order chi connectivity index (χ0) is 16.4. The van der Waals surface area contributed by atoms with Gasteiger partial charge in [0.2, 0.25) is 11.8 Å². The Bertz CT molecular complexity index is 730. The number of rotatable bonds is 3. The van der Waals surface area contributed by atoms with Crippen molar-refractivity contribution in [2.75, 3.05) is 12.4 Å². The second-order valence-electron chi connectivity index (χ2n) is 5.68. The van der Waals surface area contributed by atoms with Crippen molar-refractivity contribution >= 4 is 17.5 Å². The molecule has 1 fully saturated rings. The van der Waals surface area contributed by atoms with Gasteiger partial charge in [-0.2, -0.15) is 0 Å². The maximum atomic E-state index is 12.6. The third-order valence-corrected chi connectivity index (χ3v) is 4.23. The Morgan fingerprint density at radius 3 is 2.48 bits per heavy atom. The predicted octanol–water partition coefficient (Wildman–Crippen LogP) is 2.55. The summed E-state index contributed by atoms with van der Waals surface area (Å²) in [5.41, 5.74) is 1.28. The molecule has 5 nitrogen and oxygen atoms in total. The molecule has 2 N–H and O–H groups in total. The van der Waals surface area contributed by atoms with Gasteiger partial charge in [-0.15, -0.1) is 0 Å². The van der Waals surface area contributed by atoms with Gasteiger partial charge in [0.1, 0.15) is 5.75 Å². The van der Waals surface area contributed by atoms with Crippen LogP contribution in [0.1, 0.15) is 18.0 Å². The molecule has 2 atom stereocenters. The first-order valence-electron chi connectivity index (χ1n) is 7.47. The number of hydrogen-bond acceptors (Lipinski definition) is 3. The summed E-state index contributed by atoms with van der Waals surface area (Å²) in [6.45, 7) is 0. The van der Waals surface area contributed by atoms with E-state index in [9.17, 15) is 14.7 Å². The van der Waals surface area contributed by atoms with Gasteiger partial charge < -0.3 is 15.3 Å². The molecule has 2 aromatic rings. The molecule has 0 aromatic heterocycles. The third-order valence-electron chi connectivity index (χ3n) is 4.23. The van der Waals surface area contributed by atoms with Crippen molar-refractivity contribution < 1.29 is 14.7 Å². The molecule has 0 bridgehead atoms. The van der Waals surface area contributed by atoms with Gasteiger partial charge in [0.15, 0.2) is 0 Å². The standard InChI is InChI=1S/C18H18N2O3/c1-20-16(22)11-13(17(20)12-7-3-2-4-8-12)18(23)19-14-9-5-6-10-15(14)21/h2-10,13,17,21H,11H2,1H3,(H,19,23)/t13-,17+/m0/s1. The van der Waals surface area contributed by atoms with E-state index in [0.29, 0.717) is 5.69 Å². The van der Waals surface area contributed by atoms with Crippen LogP contribution in [-0.2, 0) is 9.59 Å². The lowest BCUT2D eigenvalue weighted by Crippen LogP contribution is -2.30. The summed E-state index contributed by atoms with van der Waals surface area (Å²) in [6, 6.07) is 15.8. The maximum Gasteiger partial charge on any atom is 0.230 e. The largest absolute Gasteiger partial charge is 0.506 e. The van der Waals surface area contributed by atoms with Gasteiger partial charge in [-0.1, -0.05) is 42.5 Å². The van der Waals surface area contributed by atoms with E-state index < -0.39 is 5.92 Å². The van der Waals surface area contributed by atoms with E-state index in [1.165, 1.54) is 6.07 Å². The molecule has 0 spiro atoms. The van der Waals surface area contributed by atoms with Gasteiger partial charge in [-0.05, 0) is 17.7 Å². The minimum absolute atomic E-state index is 0.00906. The lowest BCUT2D eigenvalue weighted by molar-refractivity contribution is -0.127. The summed E-state index contributed by atoms with van der Waals surface area (Å²) in [5, 5.41) is 12.5. The Kier molecular flexibility index (Phi) is 4.02. The molecule has 3 rings (SSSR count). The highest BCUT2D eigenvalue weighted by molar-refractivity contribution is 5.98. The molecule has 0 aliphatic carbocycles. The average Bonchev–Trinajstić information content (AvgIpc) is 2.86. The van der Waals surface area contributed by atoms with Crippen LogP contribution in [0.5, 0.6) is 5.75 Å². The van der Waals surface area contributed by atoms with Crippen LogP contribution in [-0.4, -0.2) is 28.9 Å². The van der Waals surface area contributed by atoms with Crippen molar-refractivity contribution in [3.05, 3.63) is 60.2 Å². The molecule has 1 heterocycles. The molecule has 1 aliphatic rings. The molecule has 5 heteroatoms. The number of carbonyl (C=O) groups is 2. The molecule has 2 aromatic carbocycles. The first-order valence-corrected chi connectivity index (χ1v) is 7.47. The second-order valence-corrected chi connectivity index (χ2v) is 5.68. The van der Waals surface area contributed by atoms with E-state index in [4.69, 9.17) is 0 Å². The monoisotopic (exact) mass is 310 g/mol. The van der Waals surface area contributed by atoms with Crippen LogP contribution in [0.2, 0.25) is 0 Å². The van der Waals surface area contributed by atoms with Gasteiger partial charge in [0, 0.05) is 13.5 Å². The summed E-state index contributed by atoms with van der Waals surface area (Å²) in [7, 11) is 1.72. The minimum Gasteiger partial charge on any atom is -0.506 e. The van der Waals surface area contributed by atoms with Gasteiger partial charge in [-0.25, -0.2) is 0 Å². The average molecular weight is 310 g/mol. The molecule has 1 saturated heterocycles. The first kappa shape index (κ1) is 15.1. The topological polar surface area (TPSA) is 69.6 Å². The van der Waals surface area contributed by atoms with Crippen molar-refractivity contribution in [2.24, 2.45) is 5.92 Å². The smallest absolute Gasteiger partial charge is 0.230 e. The van der Waals surface area contributed by atoms with E-state index in [2.05, 4.69) is 5.32 Å². The van der Waals surface area contributed by atoms with Crippen LogP contribution >= 0.6 is 0 Å². The van der Waals surface area contributed by atoms with Crippen molar-refractivity contribution in [3.63, 3.8) is 0 Å². The summed E-state index contributed by atoms with van der Waals surface area (Å²) in [4.78, 5) is 26.3. The Hall–Kier alpha value is -2.82. The number of aromatic hydroxyl groups is 1. The second kappa shape index (κ2) is 6.12. The fourth-order valence-electron chi connectivity index (χ4n) is 3.02. The number of benzene rings is 2. The fraction of sp³-hybridized carbons (Fsp3) is 0.222. The van der Waals surface area contributed by atoms with Crippen molar-refractivity contribution in [2.45, 2.75) is 12.5 Å². The number of para-hydroxylation sites is 2. The Morgan fingerprint density at radius 1 is 1.13 bits per heavy atom. The van der Waals surface area contributed by atoms with Crippen LogP contribution in [0.4, 0.5) is 5.69 Å². The number of hydrogen-bond donors (Lipinski definition) is 2. The van der Waals surface area contributed by atoms with Crippen LogP contribution < -0.4 is 5.32 Å². The summed E-state index contributed by atoms with van der Waals surface area (Å²) in [6.07, 6.45) is 0.162. The molecule has 1 aliphatic heterocycles. The molecule has 0 radical (unpaired) electrons. The highest BCUT2D eigenvalue weighted by atomic mass is 16.3. The minimum atomic E-state index is -0.491. The quantitative estimate of drug-likeness (QED) is 0.856. The third kappa shape index (κ3) is 2.90. The zero-order valence-electron chi connectivity index (χ0n) is 12.8. The lowest BCUT2D eigenvalue weighted by Gasteiger charge is -2.25. The summed E-state index contributed by atoms with van der Waals surface area (Å²) >= 11 is 0. The summed E-state index contributed by atoms with van der Waals surface area (Å²) < 4.78 is 0. The number of likely N-dealkylation sites (tertiary alicyclic amines) is 1. The number of amides is 2. The summed E-state index contributed by atoms with van der Waals surface area (Å²) in [5.74, 6) is -0.807.